The van der Waals surface area contributed by atoms with E-state index in [4.69, 9.17) is 16.3 Å². The molecule has 1 heterocycles. The van der Waals surface area contributed by atoms with Gasteiger partial charge in [0.2, 0.25) is 0 Å². The van der Waals surface area contributed by atoms with E-state index in [1.54, 1.807) is 54.8 Å². The normalized spacial score (nSPS) is 12.1. The van der Waals surface area contributed by atoms with E-state index in [1.165, 1.54) is 6.07 Å². The molecule has 0 spiro atoms. The molecule has 29 heavy (non-hydrogen) atoms. The predicted molar refractivity (Wildman–Crippen MR) is 114 cm³/mol. The van der Waals surface area contributed by atoms with Crippen LogP contribution in [0.5, 0.6) is 5.75 Å². The maximum Gasteiger partial charge on any atom is 0.313 e. The van der Waals surface area contributed by atoms with E-state index in [1.807, 2.05) is 6.92 Å². The van der Waals surface area contributed by atoms with E-state index < -0.39 is 5.92 Å². The number of unbranched alkanes of at least 4 members (excludes halogenated alkanes) is 1. The number of aromatic hydroxyl groups is 1. The lowest BCUT2D eigenvalue weighted by atomic mass is 9.98. The number of fused-ring (bicyclic) bond motifs is 1. The van der Waals surface area contributed by atoms with Crippen molar-refractivity contribution in [1.29, 1.82) is 0 Å². The monoisotopic (exact) mass is 413 g/mol. The summed E-state index contributed by atoms with van der Waals surface area (Å²) in [6.45, 7) is 5.96. The van der Waals surface area contributed by atoms with Crippen LogP contribution in [-0.4, -0.2) is 28.2 Å². The van der Waals surface area contributed by atoms with Gasteiger partial charge >= 0.3 is 5.97 Å². The number of hydrogen-bond acceptors (Lipinski definition) is 4. The Morgan fingerprint density at radius 3 is 2.52 bits per heavy atom. The lowest BCUT2D eigenvalue weighted by Gasteiger charge is -2.13. The third kappa shape index (κ3) is 4.15. The number of ether oxygens (including phenoxy) is 1. The number of nitrogens with zero attached hydrogens (tertiary/aromatic N) is 1. The molecule has 0 saturated carbocycles. The number of rotatable bonds is 6. The molecule has 0 bridgehead atoms. The summed E-state index contributed by atoms with van der Waals surface area (Å²) in [5.41, 5.74) is 2.43. The molecule has 1 N–H and O–H groups in total. The topological polar surface area (TPSA) is 68.5 Å². The van der Waals surface area contributed by atoms with Gasteiger partial charge in [-0.3, -0.25) is 14.2 Å². The Kier molecular flexibility index (Phi) is 6.28. The molecule has 3 rings (SSSR count). The second-order valence-corrected chi connectivity index (χ2v) is 7.53. The van der Waals surface area contributed by atoms with Gasteiger partial charge in [-0.15, -0.1) is 0 Å². The molecule has 0 radical (unpaired) electrons. The van der Waals surface area contributed by atoms with Gasteiger partial charge in [-0.1, -0.05) is 24.9 Å². The average molecular weight is 414 g/mol. The van der Waals surface area contributed by atoms with Gasteiger partial charge in [-0.25, -0.2) is 0 Å². The molecule has 0 saturated heterocycles. The number of phenolic OH excluding ortho intramolecular Hbond substituents is 1. The highest BCUT2D eigenvalue weighted by molar-refractivity contribution is 6.30. The zero-order valence-corrected chi connectivity index (χ0v) is 17.5. The number of halogens is 1. The van der Waals surface area contributed by atoms with Crippen LogP contribution in [0.25, 0.3) is 10.9 Å². The minimum Gasteiger partial charge on any atom is -0.508 e. The molecular weight excluding hydrogens is 390 g/mol. The van der Waals surface area contributed by atoms with Gasteiger partial charge in [-0.05, 0) is 68.3 Å². The van der Waals surface area contributed by atoms with Crippen LogP contribution < -0.4 is 0 Å². The Balaban J connectivity index is 2.10. The van der Waals surface area contributed by atoms with Crippen LogP contribution in [0.4, 0.5) is 0 Å². The molecular formula is C23H24ClNO4. The highest BCUT2D eigenvalue weighted by atomic mass is 35.5. The first-order valence-corrected chi connectivity index (χ1v) is 10.0. The molecule has 152 valence electrons. The summed E-state index contributed by atoms with van der Waals surface area (Å²) in [7, 11) is 0. The zero-order chi connectivity index (χ0) is 21.1. The van der Waals surface area contributed by atoms with E-state index >= 15 is 0 Å². The third-order valence-corrected chi connectivity index (χ3v) is 5.31. The largest absolute Gasteiger partial charge is 0.508 e. The van der Waals surface area contributed by atoms with Crippen molar-refractivity contribution in [3.8, 4) is 5.75 Å². The van der Waals surface area contributed by atoms with Crippen molar-refractivity contribution in [3.63, 3.8) is 0 Å². The first kappa shape index (κ1) is 20.9. The van der Waals surface area contributed by atoms with Crippen molar-refractivity contribution in [1.82, 2.24) is 4.57 Å². The molecule has 3 aromatic rings. The highest BCUT2D eigenvalue weighted by Crippen LogP contribution is 2.35. The number of aromatic nitrogens is 1. The Bertz CT molecular complexity index is 1050. The molecule has 6 heteroatoms. The maximum atomic E-state index is 13.2. The first-order chi connectivity index (χ1) is 13.8. The number of hydrogen-bond donors (Lipinski definition) is 1. The number of esters is 1. The number of phenols is 1. The molecule has 0 amide bonds. The van der Waals surface area contributed by atoms with Crippen molar-refractivity contribution in [2.45, 2.75) is 39.5 Å². The molecule has 0 fully saturated rings. The molecule has 0 unspecified atom stereocenters. The van der Waals surface area contributed by atoms with Crippen molar-refractivity contribution in [2.24, 2.45) is 0 Å². The molecule has 1 aromatic heterocycles. The van der Waals surface area contributed by atoms with Gasteiger partial charge in [-0.2, -0.15) is 0 Å². The first-order valence-electron chi connectivity index (χ1n) is 9.66. The summed E-state index contributed by atoms with van der Waals surface area (Å²) in [4.78, 5) is 25.8. The van der Waals surface area contributed by atoms with Gasteiger partial charge in [0.05, 0.1) is 18.0 Å². The summed E-state index contributed by atoms with van der Waals surface area (Å²) < 4.78 is 6.96. The van der Waals surface area contributed by atoms with Gasteiger partial charge in [0.15, 0.2) is 0 Å². The van der Waals surface area contributed by atoms with E-state index in [9.17, 15) is 14.7 Å². The fourth-order valence-electron chi connectivity index (χ4n) is 3.52. The van der Waals surface area contributed by atoms with Gasteiger partial charge in [0.1, 0.15) is 5.75 Å². The molecule has 0 aliphatic carbocycles. The van der Waals surface area contributed by atoms with Crippen molar-refractivity contribution < 1.29 is 19.4 Å². The van der Waals surface area contributed by atoms with E-state index in [0.29, 0.717) is 39.4 Å². The Hall–Kier alpha value is -2.79. The van der Waals surface area contributed by atoms with Gasteiger partial charge in [0, 0.05) is 21.7 Å². The molecule has 0 aliphatic rings. The van der Waals surface area contributed by atoms with Gasteiger partial charge < -0.3 is 9.84 Å². The van der Waals surface area contributed by atoms with Crippen LogP contribution in [0.2, 0.25) is 5.02 Å². The van der Waals surface area contributed by atoms with Crippen molar-refractivity contribution in [2.75, 3.05) is 6.61 Å². The standard InChI is InChI=1S/C23H24ClNO4/c1-4-5-12-29-23(28)14(2)21-15(3)25(20-11-10-18(26)13-19(20)21)22(27)16-6-8-17(24)9-7-16/h6-11,13-14,26H,4-5,12H2,1-3H3/t14-/m0/s1. The lowest BCUT2D eigenvalue weighted by molar-refractivity contribution is -0.145. The Morgan fingerprint density at radius 1 is 1.17 bits per heavy atom. The molecule has 1 atom stereocenters. The minimum atomic E-state index is -0.574. The predicted octanol–water partition coefficient (Wildman–Crippen LogP) is 5.44. The van der Waals surface area contributed by atoms with Crippen LogP contribution in [0, 0.1) is 6.92 Å². The van der Waals surface area contributed by atoms with Crippen molar-refractivity contribution >= 4 is 34.4 Å². The summed E-state index contributed by atoms with van der Waals surface area (Å²) in [6.07, 6.45) is 1.73. The zero-order valence-electron chi connectivity index (χ0n) is 16.7. The maximum absolute atomic E-state index is 13.2. The average Bonchev–Trinajstić information content (AvgIpc) is 2.98. The van der Waals surface area contributed by atoms with Crippen LogP contribution in [0.3, 0.4) is 0 Å². The second-order valence-electron chi connectivity index (χ2n) is 7.09. The third-order valence-electron chi connectivity index (χ3n) is 5.06. The summed E-state index contributed by atoms with van der Waals surface area (Å²) in [6, 6.07) is 11.5. The summed E-state index contributed by atoms with van der Waals surface area (Å²) >= 11 is 5.94. The highest BCUT2D eigenvalue weighted by Gasteiger charge is 2.27. The van der Waals surface area contributed by atoms with Crippen LogP contribution in [0.1, 0.15) is 54.2 Å². The summed E-state index contributed by atoms with van der Waals surface area (Å²) in [5, 5.41) is 11.2. The number of carbonyl (C=O) groups excluding carboxylic acids is 2. The fourth-order valence-corrected chi connectivity index (χ4v) is 3.65. The minimum absolute atomic E-state index is 0.0707. The van der Waals surface area contributed by atoms with Gasteiger partial charge in [0.25, 0.3) is 5.91 Å². The number of benzene rings is 2. The van der Waals surface area contributed by atoms with Crippen LogP contribution in [0.15, 0.2) is 42.5 Å². The quantitative estimate of drug-likeness (QED) is 0.431. The summed E-state index contributed by atoms with van der Waals surface area (Å²) in [5.74, 6) is -1.08. The second kappa shape index (κ2) is 8.70. The smallest absolute Gasteiger partial charge is 0.313 e. The van der Waals surface area contributed by atoms with Crippen LogP contribution >= 0.6 is 11.6 Å². The SMILES string of the molecule is CCCCOC(=O)[C@@H](C)c1c(C)n(C(=O)c2ccc(Cl)cc2)c2ccc(O)cc12. The molecule has 0 aliphatic heterocycles. The van der Waals surface area contributed by atoms with Crippen molar-refractivity contribution in [3.05, 3.63) is 64.3 Å². The van der Waals surface area contributed by atoms with E-state index in [2.05, 4.69) is 0 Å². The Labute approximate surface area is 174 Å². The molecule has 2 aromatic carbocycles. The van der Waals surface area contributed by atoms with E-state index in [0.717, 1.165) is 12.8 Å². The Morgan fingerprint density at radius 2 is 1.86 bits per heavy atom. The fraction of sp³-hybridized carbons (Fsp3) is 0.304. The molecule has 5 nitrogen and oxygen atoms in total. The van der Waals surface area contributed by atoms with E-state index in [-0.39, 0.29) is 17.6 Å². The number of carbonyl (C=O) groups is 2. The lowest BCUT2D eigenvalue weighted by Crippen LogP contribution is -2.17. The van der Waals surface area contributed by atoms with Crippen LogP contribution in [-0.2, 0) is 9.53 Å².